The molecule has 0 spiro atoms. The van der Waals surface area contributed by atoms with Crippen LogP contribution >= 0.6 is 23.2 Å². The molecule has 0 radical (unpaired) electrons. The monoisotopic (exact) mass is 456 g/mol. The normalized spacial score (nSPS) is 16.4. The van der Waals surface area contributed by atoms with Crippen LogP contribution in [0.15, 0.2) is 47.4 Å². The van der Waals surface area contributed by atoms with Crippen LogP contribution in [0.25, 0.3) is 0 Å². The first-order valence-corrected chi connectivity index (χ1v) is 11.3. The van der Waals surface area contributed by atoms with Gasteiger partial charge in [0, 0.05) is 35.7 Å². The molecule has 1 saturated heterocycles. The number of hydrogen-bond donors (Lipinski definition) is 0. The Bertz CT molecular complexity index is 990. The van der Waals surface area contributed by atoms with Crippen molar-refractivity contribution in [1.82, 2.24) is 9.21 Å². The van der Waals surface area contributed by atoms with Crippen LogP contribution in [0.3, 0.4) is 0 Å². The van der Waals surface area contributed by atoms with E-state index in [0.29, 0.717) is 41.9 Å². The molecule has 1 heterocycles. The van der Waals surface area contributed by atoms with Gasteiger partial charge in [0.25, 0.3) is 5.91 Å². The summed E-state index contributed by atoms with van der Waals surface area (Å²) in [7, 11) is -1.92. The summed E-state index contributed by atoms with van der Waals surface area (Å²) < 4.78 is 32.0. The summed E-state index contributed by atoms with van der Waals surface area (Å²) in [5.74, 6) is -0.237. The molecule has 1 aliphatic rings. The number of benzene rings is 2. The fourth-order valence-electron chi connectivity index (χ4n) is 3.13. The molecule has 0 N–H and O–H groups in total. The highest BCUT2D eigenvalue weighted by molar-refractivity contribution is 7.89. The largest absolute Gasteiger partial charge is 0.379 e. The van der Waals surface area contributed by atoms with Gasteiger partial charge in [0.15, 0.2) is 0 Å². The number of morpholine rings is 1. The van der Waals surface area contributed by atoms with Gasteiger partial charge in [-0.3, -0.25) is 4.79 Å². The van der Waals surface area contributed by atoms with Gasteiger partial charge in [0.05, 0.1) is 24.2 Å². The van der Waals surface area contributed by atoms with Crippen LogP contribution < -0.4 is 0 Å². The summed E-state index contributed by atoms with van der Waals surface area (Å²) in [5, 5.41) is 1.01. The van der Waals surface area contributed by atoms with Crippen LogP contribution in [0.5, 0.6) is 0 Å². The summed E-state index contributed by atoms with van der Waals surface area (Å²) in [6, 6.07) is 10.9. The average Bonchev–Trinajstić information content (AvgIpc) is 2.73. The number of hydrogen-bond acceptors (Lipinski definition) is 4. The van der Waals surface area contributed by atoms with Gasteiger partial charge >= 0.3 is 0 Å². The lowest BCUT2D eigenvalue weighted by atomic mass is 10.1. The molecule has 2 aromatic carbocycles. The number of carbonyl (C=O) groups is 1. The minimum atomic E-state index is -3.60. The van der Waals surface area contributed by atoms with Gasteiger partial charge in [-0.1, -0.05) is 29.3 Å². The van der Waals surface area contributed by atoms with Crippen LogP contribution in [0.1, 0.15) is 28.9 Å². The molecule has 6 nitrogen and oxygen atoms in total. The minimum absolute atomic E-state index is 0.160. The van der Waals surface area contributed by atoms with Gasteiger partial charge in [0.1, 0.15) is 0 Å². The Kier molecular flexibility index (Phi) is 6.86. The molecule has 0 aromatic heterocycles. The van der Waals surface area contributed by atoms with E-state index in [1.165, 1.54) is 28.6 Å². The minimum Gasteiger partial charge on any atom is -0.379 e. The molecule has 29 heavy (non-hydrogen) atoms. The SMILES string of the molecule is CC(c1ccc(Cl)cc1Cl)N(C)C(=O)c1ccc(S(=O)(=O)N2CCOCC2)cc1. The molecule has 9 heteroatoms. The number of ether oxygens (including phenoxy) is 1. The van der Waals surface area contributed by atoms with Gasteiger partial charge < -0.3 is 9.64 Å². The van der Waals surface area contributed by atoms with E-state index < -0.39 is 10.0 Å². The van der Waals surface area contributed by atoms with E-state index in [1.54, 1.807) is 30.1 Å². The van der Waals surface area contributed by atoms with Crippen molar-refractivity contribution in [2.75, 3.05) is 33.4 Å². The van der Waals surface area contributed by atoms with E-state index >= 15 is 0 Å². The van der Waals surface area contributed by atoms with Crippen molar-refractivity contribution >= 4 is 39.1 Å². The zero-order chi connectivity index (χ0) is 21.2. The first-order valence-electron chi connectivity index (χ1n) is 9.12. The lowest BCUT2D eigenvalue weighted by Gasteiger charge is -2.27. The highest BCUT2D eigenvalue weighted by Crippen LogP contribution is 2.30. The number of rotatable bonds is 5. The van der Waals surface area contributed by atoms with Crippen molar-refractivity contribution in [2.45, 2.75) is 17.9 Å². The van der Waals surface area contributed by atoms with E-state index in [1.807, 2.05) is 6.92 Å². The Morgan fingerprint density at radius 2 is 1.72 bits per heavy atom. The number of amides is 1. The van der Waals surface area contributed by atoms with Crippen LogP contribution in [0.2, 0.25) is 10.0 Å². The van der Waals surface area contributed by atoms with Crippen molar-refractivity contribution in [3.63, 3.8) is 0 Å². The molecule has 1 aliphatic heterocycles. The van der Waals surface area contributed by atoms with Gasteiger partial charge in [-0.05, 0) is 48.9 Å². The average molecular weight is 457 g/mol. The summed E-state index contributed by atoms with van der Waals surface area (Å²) in [4.78, 5) is 14.6. The van der Waals surface area contributed by atoms with Gasteiger partial charge in [-0.2, -0.15) is 4.31 Å². The third-order valence-electron chi connectivity index (χ3n) is 5.02. The highest BCUT2D eigenvalue weighted by Gasteiger charge is 2.27. The highest BCUT2D eigenvalue weighted by atomic mass is 35.5. The van der Waals surface area contributed by atoms with Gasteiger partial charge in [-0.15, -0.1) is 0 Å². The standard InChI is InChI=1S/C20H22Cl2N2O4S/c1-14(18-8-5-16(21)13-19(18)22)23(2)20(25)15-3-6-17(7-4-15)29(26,27)24-9-11-28-12-10-24/h3-8,13-14H,9-12H2,1-2H3. The van der Waals surface area contributed by atoms with Crippen molar-refractivity contribution in [3.05, 3.63) is 63.6 Å². The number of sulfonamides is 1. The lowest BCUT2D eigenvalue weighted by molar-refractivity contribution is 0.0730. The Labute approximate surface area is 181 Å². The quantitative estimate of drug-likeness (QED) is 0.684. The van der Waals surface area contributed by atoms with E-state index in [2.05, 4.69) is 0 Å². The van der Waals surface area contributed by atoms with Crippen molar-refractivity contribution < 1.29 is 17.9 Å². The second-order valence-electron chi connectivity index (χ2n) is 6.80. The smallest absolute Gasteiger partial charge is 0.254 e. The molecular weight excluding hydrogens is 435 g/mol. The molecule has 2 aromatic rings. The van der Waals surface area contributed by atoms with Crippen molar-refractivity contribution in [3.8, 4) is 0 Å². The van der Waals surface area contributed by atoms with Crippen LogP contribution in [0, 0.1) is 0 Å². The first kappa shape index (κ1) is 22.1. The third kappa shape index (κ3) is 4.75. The second kappa shape index (κ2) is 9.02. The molecule has 0 aliphatic carbocycles. The number of halogens is 2. The molecule has 0 saturated carbocycles. The van der Waals surface area contributed by atoms with E-state index in [-0.39, 0.29) is 16.8 Å². The molecule has 1 atom stereocenters. The summed E-state index contributed by atoms with van der Waals surface area (Å²) in [5.41, 5.74) is 1.17. The summed E-state index contributed by atoms with van der Waals surface area (Å²) in [6.07, 6.45) is 0. The Hall–Kier alpha value is -1.64. The fraction of sp³-hybridized carbons (Fsp3) is 0.350. The zero-order valence-corrected chi connectivity index (χ0v) is 18.5. The Morgan fingerprint density at radius 3 is 2.31 bits per heavy atom. The maximum Gasteiger partial charge on any atom is 0.254 e. The molecular formula is C20H22Cl2N2O4S. The second-order valence-corrected chi connectivity index (χ2v) is 9.58. The number of nitrogens with zero attached hydrogens (tertiary/aromatic N) is 2. The first-order chi connectivity index (χ1) is 13.7. The molecule has 1 amide bonds. The van der Waals surface area contributed by atoms with Crippen LogP contribution in [0.4, 0.5) is 0 Å². The maximum atomic E-state index is 12.9. The van der Waals surface area contributed by atoms with E-state index in [9.17, 15) is 13.2 Å². The Morgan fingerprint density at radius 1 is 1.10 bits per heavy atom. The summed E-state index contributed by atoms with van der Waals surface area (Å²) >= 11 is 12.2. The van der Waals surface area contributed by atoms with Crippen LogP contribution in [-0.4, -0.2) is 56.9 Å². The Balaban J connectivity index is 1.77. The van der Waals surface area contributed by atoms with Crippen molar-refractivity contribution in [2.24, 2.45) is 0 Å². The summed E-state index contributed by atoms with van der Waals surface area (Å²) in [6.45, 7) is 3.28. The molecule has 1 unspecified atom stereocenters. The lowest BCUT2D eigenvalue weighted by Crippen LogP contribution is -2.40. The van der Waals surface area contributed by atoms with E-state index in [0.717, 1.165) is 5.56 Å². The van der Waals surface area contributed by atoms with Crippen molar-refractivity contribution in [1.29, 1.82) is 0 Å². The molecule has 0 bridgehead atoms. The number of carbonyl (C=O) groups excluding carboxylic acids is 1. The topological polar surface area (TPSA) is 66.9 Å². The van der Waals surface area contributed by atoms with Gasteiger partial charge in [0.2, 0.25) is 10.0 Å². The predicted octanol–water partition coefficient (Wildman–Crippen LogP) is 3.85. The van der Waals surface area contributed by atoms with E-state index in [4.69, 9.17) is 27.9 Å². The zero-order valence-electron chi connectivity index (χ0n) is 16.1. The van der Waals surface area contributed by atoms with Crippen LogP contribution in [-0.2, 0) is 14.8 Å². The molecule has 156 valence electrons. The van der Waals surface area contributed by atoms with Gasteiger partial charge in [-0.25, -0.2) is 8.42 Å². The maximum absolute atomic E-state index is 12.9. The predicted molar refractivity (Wildman–Crippen MR) is 113 cm³/mol. The molecule has 1 fully saturated rings. The molecule has 3 rings (SSSR count). The third-order valence-corrected chi connectivity index (χ3v) is 7.50. The fourth-order valence-corrected chi connectivity index (χ4v) is 5.11.